The molecule has 1 aromatic heterocycles. The van der Waals surface area contributed by atoms with Crippen molar-refractivity contribution in [2.24, 2.45) is 4.99 Å². The number of hydrogen-bond donors (Lipinski definition) is 2. The van der Waals surface area contributed by atoms with Gasteiger partial charge in [0, 0.05) is 31.0 Å². The number of ether oxygens (including phenoxy) is 1. The van der Waals surface area contributed by atoms with Crippen molar-refractivity contribution in [2.75, 3.05) is 26.2 Å². The molecule has 2 rings (SSSR count). The molecule has 1 unspecified atom stereocenters. The predicted molar refractivity (Wildman–Crippen MR) is 108 cm³/mol. The SMILES string of the molecule is CCNC(=NCC1CCCO1)NCCc1nc(CC)c(C)s1.I. The Morgan fingerprint density at radius 1 is 1.39 bits per heavy atom. The number of nitrogens with zero attached hydrogens (tertiary/aromatic N) is 2. The fourth-order valence-corrected chi connectivity index (χ4v) is 3.55. The highest BCUT2D eigenvalue weighted by Gasteiger charge is 2.14. The van der Waals surface area contributed by atoms with Gasteiger partial charge in [-0.1, -0.05) is 6.92 Å². The lowest BCUT2D eigenvalue weighted by atomic mass is 10.2. The van der Waals surface area contributed by atoms with E-state index in [0.29, 0.717) is 6.10 Å². The number of aliphatic imine (C=N–C) groups is 1. The van der Waals surface area contributed by atoms with Crippen LogP contribution in [0.25, 0.3) is 0 Å². The van der Waals surface area contributed by atoms with E-state index in [1.54, 1.807) is 11.3 Å². The van der Waals surface area contributed by atoms with Crippen molar-refractivity contribution in [3.05, 3.63) is 15.6 Å². The third-order valence-corrected chi connectivity index (χ3v) is 4.80. The highest BCUT2D eigenvalue weighted by Crippen LogP contribution is 2.18. The van der Waals surface area contributed by atoms with E-state index in [9.17, 15) is 0 Å². The first-order valence-electron chi connectivity index (χ1n) is 8.31. The fourth-order valence-electron chi connectivity index (χ4n) is 2.53. The summed E-state index contributed by atoms with van der Waals surface area (Å²) in [5.41, 5.74) is 1.24. The third-order valence-electron chi connectivity index (χ3n) is 3.72. The number of aryl methyl sites for hydroxylation is 2. The number of aromatic nitrogens is 1. The Morgan fingerprint density at radius 2 is 2.22 bits per heavy atom. The van der Waals surface area contributed by atoms with Crippen molar-refractivity contribution in [3.8, 4) is 0 Å². The van der Waals surface area contributed by atoms with Gasteiger partial charge in [-0.25, -0.2) is 4.98 Å². The Hall–Kier alpha value is -0.410. The maximum atomic E-state index is 5.61. The first-order chi connectivity index (χ1) is 10.7. The van der Waals surface area contributed by atoms with Crippen LogP contribution in [0.1, 0.15) is 42.3 Å². The number of nitrogens with one attached hydrogen (secondary N) is 2. The van der Waals surface area contributed by atoms with E-state index < -0.39 is 0 Å². The van der Waals surface area contributed by atoms with E-state index in [1.807, 2.05) is 0 Å². The van der Waals surface area contributed by atoms with Crippen molar-refractivity contribution in [1.29, 1.82) is 0 Å². The van der Waals surface area contributed by atoms with Gasteiger partial charge in [-0.3, -0.25) is 4.99 Å². The zero-order valence-electron chi connectivity index (χ0n) is 14.4. The number of rotatable bonds is 7. The Balaban J connectivity index is 0.00000264. The average molecular weight is 452 g/mol. The topological polar surface area (TPSA) is 58.5 Å². The largest absolute Gasteiger partial charge is 0.376 e. The highest BCUT2D eigenvalue weighted by atomic mass is 127. The number of guanidine groups is 1. The summed E-state index contributed by atoms with van der Waals surface area (Å²) in [6.45, 7) is 9.74. The number of halogens is 1. The monoisotopic (exact) mass is 452 g/mol. The molecule has 5 nitrogen and oxygen atoms in total. The van der Waals surface area contributed by atoms with Crippen LogP contribution >= 0.6 is 35.3 Å². The Bertz CT molecular complexity index is 486. The quantitative estimate of drug-likeness (QED) is 0.380. The van der Waals surface area contributed by atoms with Gasteiger partial charge in [0.15, 0.2) is 5.96 Å². The van der Waals surface area contributed by atoms with Gasteiger partial charge < -0.3 is 15.4 Å². The molecule has 0 spiro atoms. The van der Waals surface area contributed by atoms with Gasteiger partial charge in [-0.05, 0) is 33.1 Å². The molecule has 1 aromatic rings. The molecule has 0 saturated carbocycles. The van der Waals surface area contributed by atoms with E-state index in [0.717, 1.165) is 57.9 Å². The van der Waals surface area contributed by atoms with Crippen molar-refractivity contribution >= 4 is 41.3 Å². The molecule has 1 aliphatic heterocycles. The van der Waals surface area contributed by atoms with Crippen LogP contribution in [0.2, 0.25) is 0 Å². The molecule has 7 heteroatoms. The van der Waals surface area contributed by atoms with Crippen molar-refractivity contribution in [1.82, 2.24) is 15.6 Å². The van der Waals surface area contributed by atoms with Crippen LogP contribution in [-0.4, -0.2) is 43.3 Å². The molecule has 1 fully saturated rings. The van der Waals surface area contributed by atoms with E-state index in [4.69, 9.17) is 4.74 Å². The minimum atomic E-state index is 0. The highest BCUT2D eigenvalue weighted by molar-refractivity contribution is 14.0. The average Bonchev–Trinajstić information content (AvgIpc) is 3.14. The molecule has 0 bridgehead atoms. The molecule has 23 heavy (non-hydrogen) atoms. The van der Waals surface area contributed by atoms with Gasteiger partial charge in [-0.2, -0.15) is 0 Å². The molecule has 1 saturated heterocycles. The second kappa shape index (κ2) is 11.2. The summed E-state index contributed by atoms with van der Waals surface area (Å²) in [7, 11) is 0. The zero-order valence-corrected chi connectivity index (χ0v) is 17.5. The molecule has 1 aliphatic rings. The molecular formula is C16H29IN4OS. The fraction of sp³-hybridized carbons (Fsp3) is 0.750. The third kappa shape index (κ3) is 6.93. The molecular weight excluding hydrogens is 423 g/mol. The van der Waals surface area contributed by atoms with E-state index >= 15 is 0 Å². The van der Waals surface area contributed by atoms with Gasteiger partial charge in [-0.15, -0.1) is 35.3 Å². The Labute approximate surface area is 160 Å². The van der Waals surface area contributed by atoms with E-state index in [2.05, 4.69) is 41.4 Å². The molecule has 1 atom stereocenters. The molecule has 0 aromatic carbocycles. The van der Waals surface area contributed by atoms with Gasteiger partial charge in [0.1, 0.15) is 0 Å². The summed E-state index contributed by atoms with van der Waals surface area (Å²) in [6.07, 6.45) is 4.54. The summed E-state index contributed by atoms with van der Waals surface area (Å²) in [5.74, 6) is 0.877. The lowest BCUT2D eigenvalue weighted by Crippen LogP contribution is -2.38. The number of thiazole rings is 1. The standard InChI is InChI=1S/C16H28N4OS.HI/c1-4-14-12(3)22-15(20-14)8-9-18-16(17-5-2)19-11-13-7-6-10-21-13;/h13H,4-11H2,1-3H3,(H2,17,18,19);1H. The first kappa shape index (κ1) is 20.6. The smallest absolute Gasteiger partial charge is 0.191 e. The second-order valence-electron chi connectivity index (χ2n) is 5.50. The lowest BCUT2D eigenvalue weighted by molar-refractivity contribution is 0.117. The Kier molecular flexibility index (Phi) is 10.0. The van der Waals surface area contributed by atoms with Crippen LogP contribution < -0.4 is 10.6 Å². The van der Waals surface area contributed by atoms with Crippen molar-refractivity contribution in [2.45, 2.75) is 52.6 Å². The zero-order chi connectivity index (χ0) is 15.8. The summed E-state index contributed by atoms with van der Waals surface area (Å²) in [5, 5.41) is 7.88. The predicted octanol–water partition coefficient (Wildman–Crippen LogP) is 2.91. The van der Waals surface area contributed by atoms with E-state index in [-0.39, 0.29) is 24.0 Å². The maximum absolute atomic E-state index is 5.61. The van der Waals surface area contributed by atoms with Crippen LogP contribution in [0.3, 0.4) is 0 Å². The summed E-state index contributed by atoms with van der Waals surface area (Å²) >= 11 is 1.81. The molecule has 2 N–H and O–H groups in total. The summed E-state index contributed by atoms with van der Waals surface area (Å²) in [4.78, 5) is 10.6. The first-order valence-corrected chi connectivity index (χ1v) is 9.13. The van der Waals surface area contributed by atoms with Crippen LogP contribution in [0, 0.1) is 6.92 Å². The molecule has 0 aliphatic carbocycles. The maximum Gasteiger partial charge on any atom is 0.191 e. The molecule has 132 valence electrons. The molecule has 2 heterocycles. The van der Waals surface area contributed by atoms with Crippen LogP contribution in [0.5, 0.6) is 0 Å². The van der Waals surface area contributed by atoms with Crippen molar-refractivity contribution < 1.29 is 4.74 Å². The molecule has 0 amide bonds. The van der Waals surface area contributed by atoms with Crippen LogP contribution in [0.4, 0.5) is 0 Å². The van der Waals surface area contributed by atoms with E-state index in [1.165, 1.54) is 15.6 Å². The Morgan fingerprint density at radius 3 is 2.83 bits per heavy atom. The van der Waals surface area contributed by atoms with Gasteiger partial charge >= 0.3 is 0 Å². The normalized spacial score (nSPS) is 17.9. The van der Waals surface area contributed by atoms with Crippen molar-refractivity contribution in [3.63, 3.8) is 0 Å². The van der Waals surface area contributed by atoms with Gasteiger partial charge in [0.25, 0.3) is 0 Å². The van der Waals surface area contributed by atoms with Crippen LogP contribution in [0.15, 0.2) is 4.99 Å². The minimum absolute atomic E-state index is 0. The minimum Gasteiger partial charge on any atom is -0.376 e. The summed E-state index contributed by atoms with van der Waals surface area (Å²) < 4.78 is 5.61. The van der Waals surface area contributed by atoms with Gasteiger partial charge in [0.05, 0.1) is 23.4 Å². The molecule has 0 radical (unpaired) electrons. The van der Waals surface area contributed by atoms with Crippen LogP contribution in [-0.2, 0) is 17.6 Å². The number of hydrogen-bond acceptors (Lipinski definition) is 4. The summed E-state index contributed by atoms with van der Waals surface area (Å²) in [6, 6.07) is 0. The lowest BCUT2D eigenvalue weighted by Gasteiger charge is -2.12. The van der Waals surface area contributed by atoms with Gasteiger partial charge in [0.2, 0.25) is 0 Å². The second-order valence-corrected chi connectivity index (χ2v) is 6.78.